The fraction of sp³-hybridized carbons (Fsp3) is 0.400. The minimum atomic E-state index is -5.05. The number of benzene rings is 1. The van der Waals surface area contributed by atoms with Gasteiger partial charge in [-0.05, 0) is 6.07 Å². The molecule has 1 rings (SSSR count). The van der Waals surface area contributed by atoms with Crippen LogP contribution in [0, 0.1) is 11.6 Å². The standard InChI is InChI=1S/C10H8Cl2F5NO/c11-2-4(19)3-18-9-6(12)1-5(10(15,16)17)7(13)8(9)14/h1,4,18-19H,2-3H2. The van der Waals surface area contributed by atoms with Crippen molar-refractivity contribution in [2.75, 3.05) is 17.7 Å². The average molecular weight is 324 g/mol. The highest BCUT2D eigenvalue weighted by Gasteiger charge is 2.37. The molecule has 0 fully saturated rings. The Morgan fingerprint density at radius 3 is 2.32 bits per heavy atom. The van der Waals surface area contributed by atoms with E-state index in [1.165, 1.54) is 0 Å². The summed E-state index contributed by atoms with van der Waals surface area (Å²) in [5.74, 6) is -4.00. The molecule has 2 N–H and O–H groups in total. The van der Waals surface area contributed by atoms with Crippen LogP contribution in [0.2, 0.25) is 5.02 Å². The first-order valence-corrected chi connectivity index (χ1v) is 5.82. The lowest BCUT2D eigenvalue weighted by molar-refractivity contribution is -0.140. The zero-order valence-corrected chi connectivity index (χ0v) is 10.7. The number of aliphatic hydroxyl groups is 1. The molecule has 19 heavy (non-hydrogen) atoms. The molecule has 0 radical (unpaired) electrons. The van der Waals surface area contributed by atoms with E-state index in [9.17, 15) is 22.0 Å². The molecule has 0 aromatic heterocycles. The maximum atomic E-state index is 13.5. The van der Waals surface area contributed by atoms with Gasteiger partial charge in [-0.15, -0.1) is 11.6 Å². The lowest BCUT2D eigenvalue weighted by Gasteiger charge is -2.15. The van der Waals surface area contributed by atoms with Crippen LogP contribution < -0.4 is 5.32 Å². The van der Waals surface area contributed by atoms with E-state index >= 15 is 0 Å². The van der Waals surface area contributed by atoms with Gasteiger partial charge < -0.3 is 10.4 Å². The van der Waals surface area contributed by atoms with Gasteiger partial charge in [0.05, 0.1) is 28.3 Å². The summed E-state index contributed by atoms with van der Waals surface area (Å²) in [5, 5.41) is 10.7. The van der Waals surface area contributed by atoms with E-state index < -0.39 is 40.2 Å². The summed E-state index contributed by atoms with van der Waals surface area (Å²) in [6.45, 7) is -0.287. The van der Waals surface area contributed by atoms with Gasteiger partial charge in [-0.1, -0.05) is 11.6 Å². The van der Waals surface area contributed by atoms with Gasteiger partial charge in [0, 0.05) is 6.54 Å². The number of rotatable bonds is 4. The number of hydrogen-bond donors (Lipinski definition) is 2. The van der Waals surface area contributed by atoms with Crippen molar-refractivity contribution < 1.29 is 27.1 Å². The Morgan fingerprint density at radius 2 is 1.84 bits per heavy atom. The van der Waals surface area contributed by atoms with Gasteiger partial charge in [-0.25, -0.2) is 8.78 Å². The van der Waals surface area contributed by atoms with Crippen molar-refractivity contribution in [1.29, 1.82) is 0 Å². The molecule has 1 aromatic carbocycles. The van der Waals surface area contributed by atoms with Crippen LogP contribution in [0.1, 0.15) is 5.56 Å². The Kier molecular flexibility index (Phi) is 5.23. The van der Waals surface area contributed by atoms with Gasteiger partial charge in [0.2, 0.25) is 0 Å². The summed E-state index contributed by atoms with van der Waals surface area (Å²) in [6, 6.07) is 0.273. The molecule has 0 spiro atoms. The SMILES string of the molecule is OC(CCl)CNc1c(Cl)cc(C(F)(F)F)c(F)c1F. The molecule has 108 valence electrons. The molecule has 1 atom stereocenters. The maximum absolute atomic E-state index is 13.5. The number of anilines is 1. The first-order valence-electron chi connectivity index (χ1n) is 4.91. The third-order valence-corrected chi connectivity index (χ3v) is 2.81. The van der Waals surface area contributed by atoms with E-state index in [-0.39, 0.29) is 18.5 Å². The van der Waals surface area contributed by atoms with Crippen molar-refractivity contribution >= 4 is 28.9 Å². The second-order valence-electron chi connectivity index (χ2n) is 3.60. The monoisotopic (exact) mass is 323 g/mol. The van der Waals surface area contributed by atoms with Gasteiger partial charge in [0.15, 0.2) is 11.6 Å². The number of alkyl halides is 4. The summed E-state index contributed by atoms with van der Waals surface area (Å²) < 4.78 is 63.8. The molecule has 1 unspecified atom stereocenters. The molecule has 0 amide bonds. The van der Waals surface area contributed by atoms with E-state index in [0.29, 0.717) is 0 Å². The zero-order valence-electron chi connectivity index (χ0n) is 9.16. The smallest absolute Gasteiger partial charge is 0.390 e. The summed E-state index contributed by atoms with van der Waals surface area (Å²) in [5.41, 5.74) is -2.45. The molecule has 0 heterocycles. The van der Waals surface area contributed by atoms with Crippen molar-refractivity contribution in [2.45, 2.75) is 12.3 Å². The van der Waals surface area contributed by atoms with Crippen LogP contribution in [0.3, 0.4) is 0 Å². The first-order chi connectivity index (χ1) is 8.68. The van der Waals surface area contributed by atoms with Crippen LogP contribution in [-0.2, 0) is 6.18 Å². The maximum Gasteiger partial charge on any atom is 0.419 e. The average Bonchev–Trinajstić information content (AvgIpc) is 2.31. The second kappa shape index (κ2) is 6.11. The summed E-state index contributed by atoms with van der Waals surface area (Å²) in [7, 11) is 0. The van der Waals surface area contributed by atoms with Crippen LogP contribution in [0.25, 0.3) is 0 Å². The molecule has 0 saturated heterocycles. The van der Waals surface area contributed by atoms with Crippen LogP contribution in [0.15, 0.2) is 6.07 Å². The largest absolute Gasteiger partial charge is 0.419 e. The Hall–Kier alpha value is -0.790. The lowest BCUT2D eigenvalue weighted by atomic mass is 10.1. The highest BCUT2D eigenvalue weighted by atomic mass is 35.5. The van der Waals surface area contributed by atoms with E-state index in [2.05, 4.69) is 5.32 Å². The fourth-order valence-electron chi connectivity index (χ4n) is 1.24. The second-order valence-corrected chi connectivity index (χ2v) is 4.31. The Balaban J connectivity index is 3.12. The number of halogens is 7. The van der Waals surface area contributed by atoms with Gasteiger partial charge in [-0.3, -0.25) is 0 Å². The fourth-order valence-corrected chi connectivity index (χ4v) is 1.61. The number of aliphatic hydroxyl groups excluding tert-OH is 1. The minimum Gasteiger partial charge on any atom is -0.390 e. The zero-order chi connectivity index (χ0) is 14.8. The highest BCUT2D eigenvalue weighted by Crippen LogP contribution is 2.38. The summed E-state index contributed by atoms with van der Waals surface area (Å²) in [6.07, 6.45) is -6.13. The lowest BCUT2D eigenvalue weighted by Crippen LogP contribution is -2.22. The van der Waals surface area contributed by atoms with Crippen molar-refractivity contribution in [3.63, 3.8) is 0 Å². The van der Waals surface area contributed by atoms with Crippen molar-refractivity contribution in [2.24, 2.45) is 0 Å². The molecular weight excluding hydrogens is 316 g/mol. The summed E-state index contributed by atoms with van der Waals surface area (Å²) >= 11 is 10.7. The van der Waals surface area contributed by atoms with E-state index in [4.69, 9.17) is 28.3 Å². The van der Waals surface area contributed by atoms with Crippen LogP contribution in [0.4, 0.5) is 27.6 Å². The molecular formula is C10H8Cl2F5NO. The van der Waals surface area contributed by atoms with Crippen molar-refractivity contribution in [3.8, 4) is 0 Å². The first kappa shape index (κ1) is 16.3. The molecule has 0 saturated carbocycles. The molecule has 0 aliphatic rings. The summed E-state index contributed by atoms with van der Waals surface area (Å²) in [4.78, 5) is 0. The van der Waals surface area contributed by atoms with Crippen molar-refractivity contribution in [1.82, 2.24) is 0 Å². The van der Waals surface area contributed by atoms with Gasteiger partial charge in [-0.2, -0.15) is 13.2 Å². The van der Waals surface area contributed by atoms with Crippen LogP contribution >= 0.6 is 23.2 Å². The van der Waals surface area contributed by atoms with E-state index in [1.807, 2.05) is 0 Å². The van der Waals surface area contributed by atoms with Crippen molar-refractivity contribution in [3.05, 3.63) is 28.3 Å². The third kappa shape index (κ3) is 3.84. The molecule has 0 aliphatic heterocycles. The van der Waals surface area contributed by atoms with E-state index in [0.717, 1.165) is 0 Å². The Labute approximate surface area is 115 Å². The van der Waals surface area contributed by atoms with Crippen LogP contribution in [0.5, 0.6) is 0 Å². The topological polar surface area (TPSA) is 32.3 Å². The predicted octanol–water partition coefficient (Wildman–Crippen LogP) is 3.65. The number of nitrogens with one attached hydrogen (secondary N) is 1. The highest BCUT2D eigenvalue weighted by molar-refractivity contribution is 6.33. The predicted molar refractivity (Wildman–Crippen MR) is 61.6 cm³/mol. The van der Waals surface area contributed by atoms with Gasteiger partial charge >= 0.3 is 6.18 Å². The van der Waals surface area contributed by atoms with E-state index in [1.54, 1.807) is 0 Å². The molecule has 2 nitrogen and oxygen atoms in total. The Morgan fingerprint density at radius 1 is 1.26 bits per heavy atom. The van der Waals surface area contributed by atoms with Gasteiger partial charge in [0.25, 0.3) is 0 Å². The normalized spacial score (nSPS) is 13.5. The molecule has 1 aromatic rings. The molecule has 0 bridgehead atoms. The minimum absolute atomic E-state index is 0.185. The Bertz CT molecular complexity index is 466. The third-order valence-electron chi connectivity index (χ3n) is 2.16. The quantitative estimate of drug-likeness (QED) is 0.503. The number of hydrogen-bond acceptors (Lipinski definition) is 2. The molecule has 9 heteroatoms. The molecule has 0 aliphatic carbocycles. The van der Waals surface area contributed by atoms with Crippen LogP contribution in [-0.4, -0.2) is 23.6 Å². The van der Waals surface area contributed by atoms with Gasteiger partial charge in [0.1, 0.15) is 0 Å².